The molecule has 1 atom stereocenters. The predicted octanol–water partition coefficient (Wildman–Crippen LogP) is 4.64. The van der Waals surface area contributed by atoms with Gasteiger partial charge in [0.05, 0.1) is 22.3 Å². The van der Waals surface area contributed by atoms with Crippen LogP contribution in [0.4, 0.5) is 5.69 Å². The summed E-state index contributed by atoms with van der Waals surface area (Å²) in [5, 5.41) is 12.9. The summed E-state index contributed by atoms with van der Waals surface area (Å²) < 4.78 is 0. The van der Waals surface area contributed by atoms with E-state index in [1.54, 1.807) is 12.1 Å². The molecule has 0 amide bonds. The van der Waals surface area contributed by atoms with Gasteiger partial charge in [0.1, 0.15) is 0 Å². The van der Waals surface area contributed by atoms with Crippen molar-refractivity contribution in [1.82, 2.24) is 0 Å². The highest BCUT2D eigenvalue weighted by Crippen LogP contribution is 2.24. The number of anilines is 1. The van der Waals surface area contributed by atoms with Crippen molar-refractivity contribution in [3.8, 4) is 6.07 Å². The molecule has 0 radical (unpaired) electrons. The van der Waals surface area contributed by atoms with Crippen LogP contribution in [0.1, 0.15) is 24.5 Å². The molecule has 2 aromatic rings. The van der Waals surface area contributed by atoms with Crippen molar-refractivity contribution in [1.29, 1.82) is 5.26 Å². The number of hydrogen-bond acceptors (Lipinski definition) is 2. The van der Waals surface area contributed by atoms with Gasteiger partial charge in [-0.25, -0.2) is 0 Å². The SMILES string of the molecule is CCC(Cc1ccccc1)Nc1ccc(C#N)cc1Cl. The zero-order chi connectivity index (χ0) is 14.4. The molecule has 0 fully saturated rings. The van der Waals surface area contributed by atoms with E-state index in [4.69, 9.17) is 16.9 Å². The van der Waals surface area contributed by atoms with Crippen LogP contribution in [-0.4, -0.2) is 6.04 Å². The summed E-state index contributed by atoms with van der Waals surface area (Å²) in [5.41, 5.74) is 2.77. The number of nitriles is 1. The Morgan fingerprint density at radius 2 is 1.95 bits per heavy atom. The first-order valence-corrected chi connectivity index (χ1v) is 7.11. The molecule has 0 saturated carbocycles. The summed E-state index contributed by atoms with van der Waals surface area (Å²) in [7, 11) is 0. The van der Waals surface area contributed by atoms with Gasteiger partial charge in [0.2, 0.25) is 0 Å². The molecule has 0 heterocycles. The minimum Gasteiger partial charge on any atom is -0.381 e. The van der Waals surface area contributed by atoms with Gasteiger partial charge in [-0.3, -0.25) is 0 Å². The van der Waals surface area contributed by atoms with Crippen molar-refractivity contribution in [2.45, 2.75) is 25.8 Å². The maximum atomic E-state index is 8.85. The fourth-order valence-electron chi connectivity index (χ4n) is 2.12. The standard InChI is InChI=1S/C17H17ClN2/c1-2-15(10-13-6-4-3-5-7-13)20-17-9-8-14(12-19)11-16(17)18/h3-9,11,15,20H,2,10H2,1H3. The summed E-state index contributed by atoms with van der Waals surface area (Å²) in [4.78, 5) is 0. The predicted molar refractivity (Wildman–Crippen MR) is 84.0 cm³/mol. The minimum absolute atomic E-state index is 0.322. The Morgan fingerprint density at radius 1 is 1.20 bits per heavy atom. The van der Waals surface area contributed by atoms with Crippen LogP contribution in [0, 0.1) is 11.3 Å². The maximum Gasteiger partial charge on any atom is 0.0992 e. The van der Waals surface area contributed by atoms with Crippen LogP contribution in [0.2, 0.25) is 5.02 Å². The lowest BCUT2D eigenvalue weighted by molar-refractivity contribution is 0.690. The molecule has 0 spiro atoms. The molecule has 0 bridgehead atoms. The molecule has 102 valence electrons. The van der Waals surface area contributed by atoms with E-state index >= 15 is 0 Å². The molecule has 1 unspecified atom stereocenters. The topological polar surface area (TPSA) is 35.8 Å². The smallest absolute Gasteiger partial charge is 0.0992 e. The normalized spacial score (nSPS) is 11.7. The molecule has 0 saturated heterocycles. The Labute approximate surface area is 125 Å². The third kappa shape index (κ3) is 3.76. The second kappa shape index (κ2) is 6.98. The number of benzene rings is 2. The van der Waals surface area contributed by atoms with E-state index in [9.17, 15) is 0 Å². The van der Waals surface area contributed by atoms with Crippen molar-refractivity contribution in [2.75, 3.05) is 5.32 Å². The third-order valence-corrected chi connectivity index (χ3v) is 3.59. The third-order valence-electron chi connectivity index (χ3n) is 3.28. The molecule has 0 aliphatic rings. The first-order valence-electron chi connectivity index (χ1n) is 6.73. The summed E-state index contributed by atoms with van der Waals surface area (Å²) in [6.07, 6.45) is 1.96. The summed E-state index contributed by atoms with van der Waals surface area (Å²) in [5.74, 6) is 0. The molecule has 0 aliphatic carbocycles. The number of halogens is 1. The molecule has 20 heavy (non-hydrogen) atoms. The fraction of sp³-hybridized carbons (Fsp3) is 0.235. The van der Waals surface area contributed by atoms with E-state index < -0.39 is 0 Å². The van der Waals surface area contributed by atoms with Gasteiger partial charge in [-0.2, -0.15) is 5.26 Å². The van der Waals surface area contributed by atoms with Crippen LogP contribution in [0.15, 0.2) is 48.5 Å². The molecule has 2 aromatic carbocycles. The van der Waals surface area contributed by atoms with E-state index in [0.717, 1.165) is 18.5 Å². The van der Waals surface area contributed by atoms with Gasteiger partial charge < -0.3 is 5.32 Å². The van der Waals surface area contributed by atoms with E-state index in [0.29, 0.717) is 16.6 Å². The van der Waals surface area contributed by atoms with Crippen LogP contribution >= 0.6 is 11.6 Å². The van der Waals surface area contributed by atoms with Crippen molar-refractivity contribution >= 4 is 17.3 Å². The monoisotopic (exact) mass is 284 g/mol. The summed E-state index contributed by atoms with van der Waals surface area (Å²) >= 11 is 6.20. The molecule has 0 aromatic heterocycles. The lowest BCUT2D eigenvalue weighted by Gasteiger charge is -2.19. The van der Waals surface area contributed by atoms with Gasteiger partial charge in [0.15, 0.2) is 0 Å². The molecule has 3 heteroatoms. The lowest BCUT2D eigenvalue weighted by Crippen LogP contribution is -2.21. The zero-order valence-electron chi connectivity index (χ0n) is 11.4. The molecule has 2 nitrogen and oxygen atoms in total. The Morgan fingerprint density at radius 3 is 2.55 bits per heavy atom. The molecule has 0 aliphatic heterocycles. The van der Waals surface area contributed by atoms with E-state index in [-0.39, 0.29) is 0 Å². The summed E-state index contributed by atoms with van der Waals surface area (Å²) in [6.45, 7) is 2.15. The largest absolute Gasteiger partial charge is 0.381 e. The van der Waals surface area contributed by atoms with E-state index in [1.165, 1.54) is 5.56 Å². The van der Waals surface area contributed by atoms with Crippen LogP contribution in [-0.2, 0) is 6.42 Å². The highest BCUT2D eigenvalue weighted by Gasteiger charge is 2.09. The highest BCUT2D eigenvalue weighted by molar-refractivity contribution is 6.33. The molecule has 1 N–H and O–H groups in total. The zero-order valence-corrected chi connectivity index (χ0v) is 12.2. The summed E-state index contributed by atoms with van der Waals surface area (Å²) in [6, 6.07) is 18.1. The Balaban J connectivity index is 2.09. The number of nitrogens with zero attached hydrogens (tertiary/aromatic N) is 1. The van der Waals surface area contributed by atoms with Gasteiger partial charge in [-0.1, -0.05) is 48.9 Å². The minimum atomic E-state index is 0.322. The Kier molecular flexibility index (Phi) is 5.03. The maximum absolute atomic E-state index is 8.85. The number of nitrogens with one attached hydrogen (secondary N) is 1. The molecular weight excluding hydrogens is 268 g/mol. The van der Waals surface area contributed by atoms with Crippen molar-refractivity contribution in [3.05, 3.63) is 64.7 Å². The van der Waals surface area contributed by atoms with Crippen molar-refractivity contribution < 1.29 is 0 Å². The van der Waals surface area contributed by atoms with Crippen LogP contribution in [0.3, 0.4) is 0 Å². The molecule has 2 rings (SSSR count). The first-order chi connectivity index (χ1) is 9.72. The van der Waals surface area contributed by atoms with Crippen LogP contribution in [0.5, 0.6) is 0 Å². The molecular formula is C17H17ClN2. The van der Waals surface area contributed by atoms with Gasteiger partial charge in [-0.15, -0.1) is 0 Å². The number of rotatable bonds is 5. The van der Waals surface area contributed by atoms with E-state index in [1.807, 2.05) is 12.1 Å². The van der Waals surface area contributed by atoms with Gasteiger partial charge in [-0.05, 0) is 36.6 Å². The van der Waals surface area contributed by atoms with Gasteiger partial charge >= 0.3 is 0 Å². The van der Waals surface area contributed by atoms with Crippen molar-refractivity contribution in [3.63, 3.8) is 0 Å². The first kappa shape index (κ1) is 14.4. The number of hydrogen-bond donors (Lipinski definition) is 1. The lowest BCUT2D eigenvalue weighted by atomic mass is 10.0. The fourth-order valence-corrected chi connectivity index (χ4v) is 2.35. The second-order valence-corrected chi connectivity index (χ2v) is 5.15. The van der Waals surface area contributed by atoms with Gasteiger partial charge in [0.25, 0.3) is 0 Å². The Hall–Kier alpha value is -1.98. The van der Waals surface area contributed by atoms with Crippen LogP contribution in [0.25, 0.3) is 0 Å². The van der Waals surface area contributed by atoms with Crippen LogP contribution < -0.4 is 5.32 Å². The highest BCUT2D eigenvalue weighted by atomic mass is 35.5. The van der Waals surface area contributed by atoms with Gasteiger partial charge in [0, 0.05) is 6.04 Å². The average Bonchev–Trinajstić information content (AvgIpc) is 2.49. The average molecular weight is 285 g/mol. The Bertz CT molecular complexity index is 602. The second-order valence-electron chi connectivity index (χ2n) is 4.75. The van der Waals surface area contributed by atoms with Crippen molar-refractivity contribution in [2.24, 2.45) is 0 Å². The van der Waals surface area contributed by atoms with E-state index in [2.05, 4.69) is 42.6 Å². The quantitative estimate of drug-likeness (QED) is 0.868.